The summed E-state index contributed by atoms with van der Waals surface area (Å²) in [6, 6.07) is 13.5. The maximum absolute atomic E-state index is 14.3. The van der Waals surface area contributed by atoms with Crippen LogP contribution in [0.4, 0.5) is 4.39 Å². The van der Waals surface area contributed by atoms with Gasteiger partial charge in [0.2, 0.25) is 0 Å². The van der Waals surface area contributed by atoms with E-state index in [4.69, 9.17) is 4.74 Å². The number of imidazole rings is 1. The minimum Gasteiger partial charge on any atom is -0.495 e. The van der Waals surface area contributed by atoms with E-state index in [0.29, 0.717) is 29.3 Å². The van der Waals surface area contributed by atoms with Gasteiger partial charge >= 0.3 is 5.69 Å². The highest BCUT2D eigenvalue weighted by Gasteiger charge is 2.21. The highest BCUT2D eigenvalue weighted by molar-refractivity contribution is 5.73. The Balaban J connectivity index is 2.01. The largest absolute Gasteiger partial charge is 0.495 e. The molecule has 0 amide bonds. The van der Waals surface area contributed by atoms with E-state index in [0.717, 1.165) is 0 Å². The minimum atomic E-state index is -0.483. The van der Waals surface area contributed by atoms with Crippen LogP contribution >= 0.6 is 0 Å². The van der Waals surface area contributed by atoms with Crippen molar-refractivity contribution in [1.82, 2.24) is 18.7 Å². The third-order valence-corrected chi connectivity index (χ3v) is 5.45. The molecule has 0 spiro atoms. The molecule has 32 heavy (non-hydrogen) atoms. The van der Waals surface area contributed by atoms with E-state index in [-0.39, 0.29) is 30.1 Å². The first-order valence-corrected chi connectivity index (χ1v) is 10.5. The first-order chi connectivity index (χ1) is 15.4. The maximum atomic E-state index is 14.3. The fraction of sp³-hybridized carbons (Fsp3) is 0.292. The number of nitrogens with zero attached hydrogens (tertiary/aromatic N) is 4. The third kappa shape index (κ3) is 3.84. The van der Waals surface area contributed by atoms with Gasteiger partial charge in [-0.15, -0.1) is 0 Å². The van der Waals surface area contributed by atoms with Gasteiger partial charge in [-0.3, -0.25) is 9.36 Å². The summed E-state index contributed by atoms with van der Waals surface area (Å²) in [6.07, 6.45) is 2.13. The van der Waals surface area contributed by atoms with Gasteiger partial charge in [0.25, 0.3) is 5.56 Å². The van der Waals surface area contributed by atoms with Crippen LogP contribution in [0, 0.1) is 11.7 Å². The highest BCUT2D eigenvalue weighted by atomic mass is 19.1. The van der Waals surface area contributed by atoms with Crippen LogP contribution in [-0.2, 0) is 13.1 Å². The molecule has 0 saturated heterocycles. The second-order valence-electron chi connectivity index (χ2n) is 8.07. The van der Waals surface area contributed by atoms with Crippen molar-refractivity contribution >= 4 is 11.2 Å². The lowest BCUT2D eigenvalue weighted by atomic mass is 10.1. The number of aromatic nitrogens is 4. The van der Waals surface area contributed by atoms with Gasteiger partial charge in [0.1, 0.15) is 11.6 Å². The van der Waals surface area contributed by atoms with Crippen LogP contribution < -0.4 is 16.0 Å². The molecule has 0 aliphatic carbocycles. The predicted octanol–water partition coefficient (Wildman–Crippen LogP) is 3.59. The number of methoxy groups -OCH3 is 1. The Labute approximate surface area is 184 Å². The zero-order chi connectivity index (χ0) is 22.8. The van der Waals surface area contributed by atoms with Gasteiger partial charge in [-0.05, 0) is 30.5 Å². The summed E-state index contributed by atoms with van der Waals surface area (Å²) < 4.78 is 24.0. The van der Waals surface area contributed by atoms with Crippen LogP contribution in [0.2, 0.25) is 0 Å². The second-order valence-corrected chi connectivity index (χ2v) is 8.07. The predicted molar refractivity (Wildman–Crippen MR) is 121 cm³/mol. The fourth-order valence-corrected chi connectivity index (χ4v) is 3.73. The summed E-state index contributed by atoms with van der Waals surface area (Å²) in [4.78, 5) is 31.3. The summed E-state index contributed by atoms with van der Waals surface area (Å²) in [7, 11) is 1.52. The molecule has 0 N–H and O–H groups in total. The van der Waals surface area contributed by atoms with Crippen LogP contribution in [0.3, 0.4) is 0 Å². The van der Waals surface area contributed by atoms with E-state index >= 15 is 0 Å². The maximum Gasteiger partial charge on any atom is 0.337 e. The van der Waals surface area contributed by atoms with Gasteiger partial charge in [-0.25, -0.2) is 18.7 Å². The average Bonchev–Trinajstić information content (AvgIpc) is 3.19. The zero-order valence-corrected chi connectivity index (χ0v) is 18.3. The summed E-state index contributed by atoms with van der Waals surface area (Å²) in [5.41, 5.74) is 0.438. The Morgan fingerprint density at radius 3 is 2.50 bits per heavy atom. The molecule has 2 heterocycles. The van der Waals surface area contributed by atoms with E-state index in [2.05, 4.69) is 4.98 Å². The molecule has 4 aromatic rings. The van der Waals surface area contributed by atoms with Crippen LogP contribution in [0.15, 0.2) is 64.4 Å². The van der Waals surface area contributed by atoms with Gasteiger partial charge in [0.15, 0.2) is 11.2 Å². The summed E-state index contributed by atoms with van der Waals surface area (Å²) in [6.45, 7) is 4.45. The average molecular weight is 436 g/mol. The summed E-state index contributed by atoms with van der Waals surface area (Å²) in [5, 5.41) is 0. The molecule has 0 saturated carbocycles. The minimum absolute atomic E-state index is 0.118. The van der Waals surface area contributed by atoms with Gasteiger partial charge in [-0.2, -0.15) is 0 Å². The zero-order valence-electron chi connectivity index (χ0n) is 18.3. The monoisotopic (exact) mass is 436 g/mol. The Kier molecular flexibility index (Phi) is 5.94. The van der Waals surface area contributed by atoms with Crippen LogP contribution in [0.25, 0.3) is 16.9 Å². The number of rotatable bonds is 7. The Hall–Kier alpha value is -3.68. The van der Waals surface area contributed by atoms with Crippen molar-refractivity contribution in [1.29, 1.82) is 0 Å². The van der Waals surface area contributed by atoms with Crippen LogP contribution in [0.5, 0.6) is 5.75 Å². The molecular weight excluding hydrogens is 411 g/mol. The molecule has 8 heteroatoms. The standard InChI is InChI=1S/C24H25FN4O3/c1-16(2)12-13-28-23(30)21-22(26-15-27(21)14-17-8-4-5-9-18(17)25)29(24(28)31)19-10-6-7-11-20(19)32-3/h4-11,15-16H,12-14H2,1-3H3. The van der Waals surface area contributed by atoms with Crippen molar-refractivity contribution in [3.8, 4) is 11.4 Å². The second kappa shape index (κ2) is 8.82. The lowest BCUT2D eigenvalue weighted by Crippen LogP contribution is -2.40. The van der Waals surface area contributed by atoms with Gasteiger partial charge in [0.05, 0.1) is 25.7 Å². The molecule has 0 aliphatic heterocycles. The Bertz CT molecular complexity index is 1380. The van der Waals surface area contributed by atoms with Crippen molar-refractivity contribution in [3.05, 3.63) is 87.1 Å². The van der Waals surface area contributed by atoms with Gasteiger partial charge in [0, 0.05) is 12.1 Å². The van der Waals surface area contributed by atoms with Crippen molar-refractivity contribution in [2.24, 2.45) is 5.92 Å². The third-order valence-electron chi connectivity index (χ3n) is 5.45. The van der Waals surface area contributed by atoms with E-state index < -0.39 is 11.2 Å². The van der Waals surface area contributed by atoms with Gasteiger partial charge < -0.3 is 9.30 Å². The van der Waals surface area contributed by atoms with Crippen molar-refractivity contribution in [3.63, 3.8) is 0 Å². The topological polar surface area (TPSA) is 71.1 Å². The molecule has 0 radical (unpaired) electrons. The number of para-hydroxylation sites is 2. The molecule has 2 aromatic heterocycles. The smallest absolute Gasteiger partial charge is 0.337 e. The normalized spacial score (nSPS) is 11.4. The quantitative estimate of drug-likeness (QED) is 0.444. The summed E-state index contributed by atoms with van der Waals surface area (Å²) in [5.74, 6) is 0.418. The van der Waals surface area contributed by atoms with Crippen LogP contribution in [0.1, 0.15) is 25.8 Å². The molecule has 7 nitrogen and oxygen atoms in total. The Morgan fingerprint density at radius 2 is 1.78 bits per heavy atom. The Morgan fingerprint density at radius 1 is 1.06 bits per heavy atom. The van der Waals surface area contributed by atoms with E-state index in [1.165, 1.54) is 28.6 Å². The first kappa shape index (κ1) is 21.5. The molecule has 4 rings (SSSR count). The molecule has 0 aliphatic rings. The lowest BCUT2D eigenvalue weighted by molar-refractivity contribution is 0.412. The van der Waals surface area contributed by atoms with E-state index in [1.54, 1.807) is 47.0 Å². The van der Waals surface area contributed by atoms with Crippen LogP contribution in [-0.4, -0.2) is 25.8 Å². The van der Waals surface area contributed by atoms with E-state index in [1.807, 2.05) is 13.8 Å². The van der Waals surface area contributed by atoms with E-state index in [9.17, 15) is 14.0 Å². The number of halogens is 1. The number of hydrogen-bond donors (Lipinski definition) is 0. The summed E-state index contributed by atoms with van der Waals surface area (Å²) >= 11 is 0. The first-order valence-electron chi connectivity index (χ1n) is 10.5. The molecular formula is C24H25FN4O3. The van der Waals surface area contributed by atoms with Gasteiger partial charge in [-0.1, -0.05) is 44.2 Å². The molecule has 0 atom stereocenters. The van der Waals surface area contributed by atoms with Crippen molar-refractivity contribution in [2.45, 2.75) is 33.4 Å². The molecule has 166 valence electrons. The number of hydrogen-bond acceptors (Lipinski definition) is 4. The molecule has 2 aromatic carbocycles. The molecule has 0 fully saturated rings. The molecule has 0 unspecified atom stereocenters. The SMILES string of the molecule is COc1ccccc1-n1c(=O)n(CCC(C)C)c(=O)c2c1ncn2Cc1ccccc1F. The fourth-order valence-electron chi connectivity index (χ4n) is 3.73. The number of ether oxygens (including phenoxy) is 1. The lowest BCUT2D eigenvalue weighted by Gasteiger charge is -2.15. The van der Waals surface area contributed by atoms with Crippen molar-refractivity contribution in [2.75, 3.05) is 7.11 Å². The van der Waals surface area contributed by atoms with Crippen molar-refractivity contribution < 1.29 is 9.13 Å². The molecule has 0 bridgehead atoms. The number of benzene rings is 2. The number of fused-ring (bicyclic) bond motifs is 1. The highest BCUT2D eigenvalue weighted by Crippen LogP contribution is 2.23.